The van der Waals surface area contributed by atoms with Gasteiger partial charge in [0.15, 0.2) is 0 Å². The van der Waals surface area contributed by atoms with Crippen molar-refractivity contribution in [3.63, 3.8) is 0 Å². The Balaban J connectivity index is 2.10. The molecule has 1 heterocycles. The van der Waals surface area contributed by atoms with Crippen LogP contribution in [0.2, 0.25) is 0 Å². The fraction of sp³-hybridized carbons (Fsp3) is 0.118. The van der Waals surface area contributed by atoms with E-state index in [1.165, 1.54) is 10.6 Å². The molecule has 0 amide bonds. The van der Waals surface area contributed by atoms with Crippen LogP contribution in [0.25, 0.3) is 11.6 Å². The van der Waals surface area contributed by atoms with Crippen LogP contribution in [0.1, 0.15) is 16.7 Å². The molecule has 0 saturated carbocycles. The van der Waals surface area contributed by atoms with Gasteiger partial charge in [-0.2, -0.15) is 5.26 Å². The third kappa shape index (κ3) is 2.61. The van der Waals surface area contributed by atoms with E-state index in [4.69, 9.17) is 5.26 Å². The van der Waals surface area contributed by atoms with Gasteiger partial charge in [0.05, 0.1) is 30.1 Å². The number of anilines is 1. The highest BCUT2D eigenvalue weighted by atomic mass is 32.2. The van der Waals surface area contributed by atoms with Gasteiger partial charge in [-0.3, -0.25) is 4.31 Å². The molecule has 110 valence electrons. The zero-order valence-electron chi connectivity index (χ0n) is 12.0. The van der Waals surface area contributed by atoms with Gasteiger partial charge >= 0.3 is 0 Å². The molecule has 2 aromatic carbocycles. The van der Waals surface area contributed by atoms with Crippen molar-refractivity contribution in [2.24, 2.45) is 0 Å². The predicted molar refractivity (Wildman–Crippen MR) is 87.7 cm³/mol. The zero-order valence-corrected chi connectivity index (χ0v) is 12.8. The second-order valence-electron chi connectivity index (χ2n) is 5.19. The molecule has 0 unspecified atom stereocenters. The van der Waals surface area contributed by atoms with Gasteiger partial charge in [0.2, 0.25) is 10.0 Å². The third-order valence-electron chi connectivity index (χ3n) is 3.63. The minimum Gasteiger partial charge on any atom is -0.265 e. The Labute approximate surface area is 130 Å². The molecule has 5 heteroatoms. The maximum Gasteiger partial charge on any atom is 0.232 e. The van der Waals surface area contributed by atoms with Crippen LogP contribution in [0.5, 0.6) is 0 Å². The van der Waals surface area contributed by atoms with Crippen LogP contribution in [0.3, 0.4) is 0 Å². The van der Waals surface area contributed by atoms with Gasteiger partial charge in [-0.05, 0) is 41.0 Å². The van der Waals surface area contributed by atoms with Crippen LogP contribution in [0, 0.1) is 11.3 Å². The number of benzene rings is 2. The molecule has 0 radical (unpaired) electrons. The Morgan fingerprint density at radius 1 is 1.09 bits per heavy atom. The van der Waals surface area contributed by atoms with Gasteiger partial charge in [0, 0.05) is 0 Å². The highest BCUT2D eigenvalue weighted by Crippen LogP contribution is 2.34. The van der Waals surface area contributed by atoms with E-state index >= 15 is 0 Å². The fourth-order valence-corrected chi connectivity index (χ4v) is 3.44. The highest BCUT2D eigenvalue weighted by Gasteiger charge is 2.25. The molecule has 0 aromatic heterocycles. The van der Waals surface area contributed by atoms with Crippen LogP contribution in [0.4, 0.5) is 5.69 Å². The average Bonchev–Trinajstić information content (AvgIpc) is 2.53. The van der Waals surface area contributed by atoms with Crippen molar-refractivity contribution < 1.29 is 8.42 Å². The minimum atomic E-state index is -3.35. The van der Waals surface area contributed by atoms with Gasteiger partial charge in [0.25, 0.3) is 0 Å². The molecule has 0 fully saturated rings. The highest BCUT2D eigenvalue weighted by molar-refractivity contribution is 7.92. The number of fused-ring (bicyclic) bond motifs is 1. The van der Waals surface area contributed by atoms with Crippen molar-refractivity contribution in [1.29, 1.82) is 5.26 Å². The van der Waals surface area contributed by atoms with Crippen molar-refractivity contribution in [2.75, 3.05) is 17.1 Å². The smallest absolute Gasteiger partial charge is 0.232 e. The summed E-state index contributed by atoms with van der Waals surface area (Å²) < 4.78 is 25.6. The first-order chi connectivity index (χ1) is 10.5. The topological polar surface area (TPSA) is 61.2 Å². The Morgan fingerprint density at radius 3 is 2.41 bits per heavy atom. The summed E-state index contributed by atoms with van der Waals surface area (Å²) >= 11 is 0. The third-order valence-corrected chi connectivity index (χ3v) is 4.76. The lowest BCUT2D eigenvalue weighted by atomic mass is 9.98. The zero-order chi connectivity index (χ0) is 15.7. The summed E-state index contributed by atoms with van der Waals surface area (Å²) in [6, 6.07) is 16.7. The molecule has 0 N–H and O–H groups in total. The van der Waals surface area contributed by atoms with E-state index in [-0.39, 0.29) is 0 Å². The fourth-order valence-electron chi connectivity index (χ4n) is 2.54. The van der Waals surface area contributed by atoms with Gasteiger partial charge in [-0.15, -0.1) is 0 Å². The summed E-state index contributed by atoms with van der Waals surface area (Å²) in [7, 11) is -3.35. The van der Waals surface area contributed by atoms with Gasteiger partial charge in [-0.1, -0.05) is 30.3 Å². The second-order valence-corrected chi connectivity index (χ2v) is 7.09. The number of nitriles is 1. The molecule has 1 aliphatic rings. The predicted octanol–water partition coefficient (Wildman–Crippen LogP) is 2.88. The molecule has 1 aliphatic heterocycles. The summed E-state index contributed by atoms with van der Waals surface area (Å²) in [6.45, 7) is 0.293. The summed E-state index contributed by atoms with van der Waals surface area (Å²) in [5, 5.41) is 8.87. The van der Waals surface area contributed by atoms with Crippen LogP contribution in [0.15, 0.2) is 48.5 Å². The van der Waals surface area contributed by atoms with Crippen LogP contribution >= 0.6 is 0 Å². The number of sulfonamides is 1. The maximum absolute atomic E-state index is 12.1. The summed E-state index contributed by atoms with van der Waals surface area (Å²) in [4.78, 5) is 0. The molecule has 4 nitrogen and oxygen atoms in total. The lowest BCUT2D eigenvalue weighted by Gasteiger charge is -2.29. The average molecular weight is 310 g/mol. The van der Waals surface area contributed by atoms with Gasteiger partial charge in [-0.25, -0.2) is 8.42 Å². The Hall–Kier alpha value is -2.58. The molecule has 0 spiro atoms. The Kier molecular flexibility index (Phi) is 3.47. The van der Waals surface area contributed by atoms with E-state index in [1.807, 2.05) is 42.5 Å². The standard InChI is InChI=1S/C17H14N2O2S/c1-22(20,21)19-12-16(10-15-4-2-3-5-17(15)19)14-8-6-13(11-18)7-9-14/h2-10H,12H2,1H3. The van der Waals surface area contributed by atoms with Crippen LogP contribution in [-0.4, -0.2) is 21.2 Å². The van der Waals surface area contributed by atoms with Crippen LogP contribution in [-0.2, 0) is 10.0 Å². The Bertz CT molecular complexity index is 891. The van der Waals surface area contributed by atoms with Crippen molar-refractivity contribution in [2.45, 2.75) is 0 Å². The molecule has 22 heavy (non-hydrogen) atoms. The molecular weight excluding hydrogens is 296 g/mol. The normalized spacial score (nSPS) is 14.0. The summed E-state index contributed by atoms with van der Waals surface area (Å²) in [6.07, 6.45) is 3.21. The summed E-state index contributed by atoms with van der Waals surface area (Å²) in [5.41, 5.74) is 3.98. The lowest BCUT2D eigenvalue weighted by molar-refractivity contribution is 0.599. The van der Waals surface area contributed by atoms with E-state index in [9.17, 15) is 8.42 Å². The van der Waals surface area contributed by atoms with Crippen molar-refractivity contribution in [1.82, 2.24) is 0 Å². The first-order valence-electron chi connectivity index (χ1n) is 6.77. The molecule has 0 bridgehead atoms. The lowest BCUT2D eigenvalue weighted by Crippen LogP contribution is -2.33. The van der Waals surface area contributed by atoms with Crippen molar-refractivity contribution in [3.8, 4) is 6.07 Å². The molecule has 0 atom stereocenters. The first kappa shape index (κ1) is 14.4. The van der Waals surface area contributed by atoms with E-state index in [0.29, 0.717) is 17.8 Å². The molecule has 3 rings (SSSR count). The summed E-state index contributed by atoms with van der Waals surface area (Å²) in [5.74, 6) is 0. The SMILES string of the molecule is CS(=O)(=O)N1CC(c2ccc(C#N)cc2)=Cc2ccccc21. The van der Waals surface area contributed by atoms with Crippen molar-refractivity contribution in [3.05, 3.63) is 65.2 Å². The quantitative estimate of drug-likeness (QED) is 0.857. The monoisotopic (exact) mass is 310 g/mol. The minimum absolute atomic E-state index is 0.293. The van der Waals surface area contributed by atoms with E-state index in [1.54, 1.807) is 12.1 Å². The maximum atomic E-state index is 12.1. The van der Waals surface area contributed by atoms with Gasteiger partial charge < -0.3 is 0 Å². The van der Waals surface area contributed by atoms with E-state index in [0.717, 1.165) is 16.7 Å². The number of rotatable bonds is 2. The second kappa shape index (κ2) is 5.32. The first-order valence-corrected chi connectivity index (χ1v) is 8.62. The molecule has 0 aliphatic carbocycles. The molecular formula is C17H14N2O2S. The number of nitrogens with zero attached hydrogens (tertiary/aromatic N) is 2. The van der Waals surface area contributed by atoms with E-state index in [2.05, 4.69) is 6.07 Å². The Morgan fingerprint density at radius 2 is 1.77 bits per heavy atom. The van der Waals surface area contributed by atoms with Crippen molar-refractivity contribution >= 4 is 27.4 Å². The van der Waals surface area contributed by atoms with Crippen LogP contribution < -0.4 is 4.31 Å². The number of para-hydroxylation sites is 1. The van der Waals surface area contributed by atoms with E-state index < -0.39 is 10.0 Å². The number of hydrogen-bond donors (Lipinski definition) is 0. The number of hydrogen-bond acceptors (Lipinski definition) is 3. The molecule has 0 saturated heterocycles. The largest absolute Gasteiger partial charge is 0.265 e. The van der Waals surface area contributed by atoms with Gasteiger partial charge in [0.1, 0.15) is 0 Å². The molecule has 2 aromatic rings.